The van der Waals surface area contributed by atoms with Crippen LogP contribution in [0.4, 0.5) is 0 Å². The molecule has 0 radical (unpaired) electrons. The SMILES string of the molecule is CC(Br)C1CCN(C(=O)c2snnc2C(C)(C)C)CC1. The zero-order chi connectivity index (χ0) is 14.9. The summed E-state index contributed by atoms with van der Waals surface area (Å²) in [6, 6.07) is 0. The van der Waals surface area contributed by atoms with Gasteiger partial charge in [-0.25, -0.2) is 0 Å². The van der Waals surface area contributed by atoms with Gasteiger partial charge in [0.1, 0.15) is 4.88 Å². The predicted octanol–water partition coefficient (Wildman–Crippen LogP) is 3.47. The third kappa shape index (κ3) is 3.39. The van der Waals surface area contributed by atoms with Gasteiger partial charge < -0.3 is 4.90 Å². The van der Waals surface area contributed by atoms with Crippen molar-refractivity contribution in [3.8, 4) is 0 Å². The average molecular weight is 360 g/mol. The van der Waals surface area contributed by atoms with Gasteiger partial charge in [-0.05, 0) is 30.3 Å². The molecule has 2 rings (SSSR count). The highest BCUT2D eigenvalue weighted by Crippen LogP contribution is 2.29. The summed E-state index contributed by atoms with van der Waals surface area (Å²) in [6.07, 6.45) is 2.13. The molecule has 1 fully saturated rings. The molecular weight excluding hydrogens is 338 g/mol. The van der Waals surface area contributed by atoms with E-state index in [1.165, 1.54) is 11.5 Å². The maximum absolute atomic E-state index is 12.6. The second kappa shape index (κ2) is 6.10. The monoisotopic (exact) mass is 359 g/mol. The largest absolute Gasteiger partial charge is 0.338 e. The van der Waals surface area contributed by atoms with E-state index >= 15 is 0 Å². The van der Waals surface area contributed by atoms with Crippen LogP contribution in [-0.2, 0) is 5.41 Å². The van der Waals surface area contributed by atoms with Crippen molar-refractivity contribution in [1.82, 2.24) is 14.5 Å². The number of halogens is 1. The van der Waals surface area contributed by atoms with Crippen molar-refractivity contribution in [1.29, 1.82) is 0 Å². The third-order valence-corrected chi connectivity index (χ3v) is 5.33. The van der Waals surface area contributed by atoms with E-state index in [4.69, 9.17) is 0 Å². The predicted molar refractivity (Wildman–Crippen MR) is 85.6 cm³/mol. The molecule has 0 aromatic carbocycles. The molecule has 0 spiro atoms. The molecule has 0 saturated carbocycles. The van der Waals surface area contributed by atoms with Gasteiger partial charge in [-0.1, -0.05) is 48.1 Å². The van der Waals surface area contributed by atoms with Gasteiger partial charge in [0.05, 0.1) is 5.69 Å². The summed E-state index contributed by atoms with van der Waals surface area (Å²) in [4.78, 5) is 15.8. The number of nitrogens with zero attached hydrogens (tertiary/aromatic N) is 3. The fraction of sp³-hybridized carbons (Fsp3) is 0.786. The first kappa shape index (κ1) is 15.9. The van der Waals surface area contributed by atoms with Crippen LogP contribution in [0.15, 0.2) is 0 Å². The van der Waals surface area contributed by atoms with Gasteiger partial charge in [-0.2, -0.15) is 0 Å². The van der Waals surface area contributed by atoms with Gasteiger partial charge in [-0.3, -0.25) is 4.79 Å². The van der Waals surface area contributed by atoms with Crippen molar-refractivity contribution >= 4 is 33.4 Å². The van der Waals surface area contributed by atoms with E-state index in [9.17, 15) is 4.79 Å². The molecule has 20 heavy (non-hydrogen) atoms. The number of carbonyl (C=O) groups excluding carboxylic acids is 1. The van der Waals surface area contributed by atoms with Gasteiger partial charge >= 0.3 is 0 Å². The zero-order valence-electron chi connectivity index (χ0n) is 12.5. The Balaban J connectivity index is 2.08. The maximum Gasteiger partial charge on any atom is 0.267 e. The summed E-state index contributed by atoms with van der Waals surface area (Å²) in [5, 5.41) is 4.16. The molecule has 1 saturated heterocycles. The van der Waals surface area contributed by atoms with Crippen LogP contribution >= 0.6 is 27.5 Å². The summed E-state index contributed by atoms with van der Waals surface area (Å²) in [5.41, 5.74) is 0.684. The number of hydrogen-bond donors (Lipinski definition) is 0. The summed E-state index contributed by atoms with van der Waals surface area (Å²) in [5.74, 6) is 0.770. The van der Waals surface area contributed by atoms with Gasteiger partial charge in [-0.15, -0.1) is 5.10 Å². The molecule has 1 aliphatic heterocycles. The molecule has 6 heteroatoms. The Morgan fingerprint density at radius 2 is 2.00 bits per heavy atom. The molecule has 112 valence electrons. The van der Waals surface area contributed by atoms with Crippen LogP contribution in [0.3, 0.4) is 0 Å². The lowest BCUT2D eigenvalue weighted by atomic mass is 9.90. The van der Waals surface area contributed by atoms with Crippen LogP contribution < -0.4 is 0 Å². The highest BCUT2D eigenvalue weighted by molar-refractivity contribution is 9.09. The zero-order valence-corrected chi connectivity index (χ0v) is 14.9. The Morgan fingerprint density at radius 1 is 1.40 bits per heavy atom. The minimum Gasteiger partial charge on any atom is -0.338 e. The lowest BCUT2D eigenvalue weighted by molar-refractivity contribution is 0.0693. The molecule has 1 atom stereocenters. The topological polar surface area (TPSA) is 46.1 Å². The first-order chi connectivity index (χ1) is 9.30. The summed E-state index contributed by atoms with van der Waals surface area (Å²) in [7, 11) is 0. The number of carbonyl (C=O) groups is 1. The lowest BCUT2D eigenvalue weighted by Crippen LogP contribution is -2.40. The van der Waals surface area contributed by atoms with Gasteiger partial charge in [0.2, 0.25) is 0 Å². The molecule has 1 aliphatic rings. The number of piperidine rings is 1. The Bertz CT molecular complexity index is 473. The van der Waals surface area contributed by atoms with E-state index in [2.05, 4.69) is 53.2 Å². The smallest absolute Gasteiger partial charge is 0.267 e. The minimum atomic E-state index is -0.138. The molecule has 0 bridgehead atoms. The molecule has 2 heterocycles. The quantitative estimate of drug-likeness (QED) is 0.759. The van der Waals surface area contributed by atoms with E-state index in [1.54, 1.807) is 0 Å². The van der Waals surface area contributed by atoms with Crippen LogP contribution in [0.1, 0.15) is 55.9 Å². The van der Waals surface area contributed by atoms with E-state index in [-0.39, 0.29) is 11.3 Å². The fourth-order valence-electron chi connectivity index (χ4n) is 2.53. The lowest BCUT2D eigenvalue weighted by Gasteiger charge is -2.33. The third-order valence-electron chi connectivity index (χ3n) is 3.87. The van der Waals surface area contributed by atoms with Crippen molar-refractivity contribution in [3.63, 3.8) is 0 Å². The number of likely N-dealkylation sites (tertiary alicyclic amines) is 1. The van der Waals surface area contributed by atoms with Crippen LogP contribution in [0.2, 0.25) is 0 Å². The van der Waals surface area contributed by atoms with Gasteiger partial charge in [0, 0.05) is 23.3 Å². The standard InChI is InChI=1S/C14H22BrN3OS/c1-9(15)10-5-7-18(8-6-10)13(19)11-12(14(2,3)4)16-17-20-11/h9-10H,5-8H2,1-4H3. The molecule has 0 aliphatic carbocycles. The van der Waals surface area contributed by atoms with E-state index < -0.39 is 0 Å². The number of alkyl halides is 1. The molecule has 0 N–H and O–H groups in total. The van der Waals surface area contributed by atoms with E-state index in [1.807, 2.05) is 4.90 Å². The van der Waals surface area contributed by atoms with Crippen molar-refractivity contribution in [3.05, 3.63) is 10.6 Å². The first-order valence-electron chi connectivity index (χ1n) is 7.07. The molecule has 1 aromatic rings. The normalized spacial score (nSPS) is 19.1. The number of rotatable bonds is 2. The van der Waals surface area contributed by atoms with E-state index in [0.717, 1.165) is 31.6 Å². The van der Waals surface area contributed by atoms with Crippen molar-refractivity contribution < 1.29 is 4.79 Å². The summed E-state index contributed by atoms with van der Waals surface area (Å²) in [6.45, 7) is 10.1. The Hall–Kier alpha value is -0.490. The Labute approximate surface area is 133 Å². The molecule has 1 aromatic heterocycles. The van der Waals surface area contributed by atoms with Crippen molar-refractivity contribution in [2.75, 3.05) is 13.1 Å². The molecular formula is C14H22BrN3OS. The van der Waals surface area contributed by atoms with Crippen molar-refractivity contribution in [2.24, 2.45) is 5.92 Å². The maximum atomic E-state index is 12.6. The first-order valence-corrected chi connectivity index (χ1v) is 8.75. The molecule has 1 unspecified atom stereocenters. The number of hydrogen-bond acceptors (Lipinski definition) is 4. The average Bonchev–Trinajstić information content (AvgIpc) is 2.87. The Morgan fingerprint density at radius 3 is 2.50 bits per heavy atom. The van der Waals surface area contributed by atoms with Crippen LogP contribution in [0.5, 0.6) is 0 Å². The van der Waals surface area contributed by atoms with Gasteiger partial charge in [0.25, 0.3) is 5.91 Å². The molecule has 1 amide bonds. The van der Waals surface area contributed by atoms with E-state index in [0.29, 0.717) is 15.6 Å². The van der Waals surface area contributed by atoms with Gasteiger partial charge in [0.15, 0.2) is 0 Å². The molecule has 4 nitrogen and oxygen atoms in total. The second-order valence-corrected chi connectivity index (χ2v) is 8.71. The summed E-state index contributed by atoms with van der Waals surface area (Å²) >= 11 is 4.87. The fourth-order valence-corrected chi connectivity index (χ4v) is 3.90. The highest BCUT2D eigenvalue weighted by atomic mass is 79.9. The van der Waals surface area contributed by atoms with Crippen LogP contribution in [0, 0.1) is 5.92 Å². The number of amides is 1. The van der Waals surface area contributed by atoms with Crippen molar-refractivity contribution in [2.45, 2.75) is 50.8 Å². The minimum absolute atomic E-state index is 0.102. The van der Waals surface area contributed by atoms with Crippen LogP contribution in [0.25, 0.3) is 0 Å². The Kier molecular flexibility index (Phi) is 4.84. The second-order valence-electron chi connectivity index (χ2n) is 6.51. The number of aromatic nitrogens is 2. The summed E-state index contributed by atoms with van der Waals surface area (Å²) < 4.78 is 3.98. The van der Waals surface area contributed by atoms with Crippen LogP contribution in [-0.4, -0.2) is 38.3 Å². The highest BCUT2D eigenvalue weighted by Gasteiger charge is 2.31.